The number of aryl methyl sites for hydroxylation is 1. The van der Waals surface area contributed by atoms with E-state index in [1.54, 1.807) is 54.2 Å². The van der Waals surface area contributed by atoms with Crippen LogP contribution in [-0.2, 0) is 11.3 Å². The fourth-order valence-electron chi connectivity index (χ4n) is 2.51. The normalized spacial score (nSPS) is 11.9. The fourth-order valence-corrected chi connectivity index (χ4v) is 2.74. The number of rotatable bonds is 6. The van der Waals surface area contributed by atoms with Crippen molar-refractivity contribution in [1.29, 1.82) is 0 Å². The van der Waals surface area contributed by atoms with E-state index in [0.29, 0.717) is 23.1 Å². The molecular formula is C20H19ClFN3O2. The maximum absolute atomic E-state index is 13.0. The second-order valence-electron chi connectivity index (χ2n) is 6.18. The lowest BCUT2D eigenvalue weighted by Gasteiger charge is -2.15. The van der Waals surface area contributed by atoms with Crippen LogP contribution in [0.2, 0.25) is 5.02 Å². The van der Waals surface area contributed by atoms with E-state index in [9.17, 15) is 9.18 Å². The van der Waals surface area contributed by atoms with E-state index in [0.717, 1.165) is 11.1 Å². The average molecular weight is 388 g/mol. The molecule has 0 aliphatic carbocycles. The highest BCUT2D eigenvalue weighted by Gasteiger charge is 2.17. The Balaban J connectivity index is 1.59. The number of ether oxygens (including phenoxy) is 1. The standard InChI is InChI=1S/C20H19ClFN3O2/c1-13-11-16(21)5-8-18(13)27-14(2)20(26)23-19-9-10-25(24-19)12-15-3-6-17(22)7-4-15/h3-11,14H,12H2,1-2H3,(H,23,24,26). The summed E-state index contributed by atoms with van der Waals surface area (Å²) in [4.78, 5) is 12.3. The monoisotopic (exact) mass is 387 g/mol. The number of amides is 1. The Hall–Kier alpha value is -2.86. The summed E-state index contributed by atoms with van der Waals surface area (Å²) in [5.41, 5.74) is 1.76. The topological polar surface area (TPSA) is 56.1 Å². The molecule has 27 heavy (non-hydrogen) atoms. The lowest BCUT2D eigenvalue weighted by atomic mass is 10.2. The SMILES string of the molecule is Cc1cc(Cl)ccc1OC(C)C(=O)Nc1ccn(Cc2ccc(F)cc2)n1. The molecule has 0 aliphatic rings. The Morgan fingerprint density at radius 1 is 1.26 bits per heavy atom. The third-order valence-electron chi connectivity index (χ3n) is 3.96. The van der Waals surface area contributed by atoms with E-state index in [1.165, 1.54) is 12.1 Å². The summed E-state index contributed by atoms with van der Waals surface area (Å²) in [6.45, 7) is 4.01. The third-order valence-corrected chi connectivity index (χ3v) is 4.19. The summed E-state index contributed by atoms with van der Waals surface area (Å²) < 4.78 is 20.3. The number of halogens is 2. The van der Waals surface area contributed by atoms with Crippen molar-refractivity contribution in [2.24, 2.45) is 0 Å². The van der Waals surface area contributed by atoms with Crippen LogP contribution in [0.25, 0.3) is 0 Å². The molecule has 0 spiro atoms. The molecule has 1 heterocycles. The van der Waals surface area contributed by atoms with Crippen LogP contribution >= 0.6 is 11.6 Å². The van der Waals surface area contributed by atoms with Gasteiger partial charge in [-0.3, -0.25) is 9.48 Å². The second-order valence-corrected chi connectivity index (χ2v) is 6.62. The number of nitrogens with zero attached hydrogens (tertiary/aromatic N) is 2. The molecule has 7 heteroatoms. The molecule has 0 saturated carbocycles. The molecule has 3 rings (SSSR count). The molecule has 3 aromatic rings. The predicted octanol–water partition coefficient (Wildman–Crippen LogP) is 4.44. The van der Waals surface area contributed by atoms with E-state index in [4.69, 9.17) is 16.3 Å². The van der Waals surface area contributed by atoms with Crippen molar-refractivity contribution in [1.82, 2.24) is 9.78 Å². The van der Waals surface area contributed by atoms with Crippen LogP contribution < -0.4 is 10.1 Å². The number of hydrogen-bond acceptors (Lipinski definition) is 3. The van der Waals surface area contributed by atoms with Crippen LogP contribution in [0.4, 0.5) is 10.2 Å². The number of aromatic nitrogens is 2. The minimum atomic E-state index is -0.702. The largest absolute Gasteiger partial charge is 0.481 e. The lowest BCUT2D eigenvalue weighted by molar-refractivity contribution is -0.122. The smallest absolute Gasteiger partial charge is 0.266 e. The van der Waals surface area contributed by atoms with Crippen molar-refractivity contribution in [3.05, 3.63) is 76.7 Å². The molecule has 0 radical (unpaired) electrons. The molecule has 0 aliphatic heterocycles. The molecule has 5 nitrogen and oxygen atoms in total. The molecule has 0 fully saturated rings. The summed E-state index contributed by atoms with van der Waals surface area (Å²) >= 11 is 5.93. The van der Waals surface area contributed by atoms with Gasteiger partial charge in [0, 0.05) is 17.3 Å². The van der Waals surface area contributed by atoms with Gasteiger partial charge in [-0.2, -0.15) is 5.10 Å². The fraction of sp³-hybridized carbons (Fsp3) is 0.200. The summed E-state index contributed by atoms with van der Waals surface area (Å²) in [7, 11) is 0. The molecule has 1 aromatic heterocycles. The predicted molar refractivity (Wildman–Crippen MR) is 103 cm³/mol. The van der Waals surface area contributed by atoms with Crippen LogP contribution in [0.15, 0.2) is 54.7 Å². The summed E-state index contributed by atoms with van der Waals surface area (Å²) in [6, 6.07) is 13.1. The Kier molecular flexibility index (Phi) is 5.76. The lowest BCUT2D eigenvalue weighted by Crippen LogP contribution is -2.30. The summed E-state index contributed by atoms with van der Waals surface area (Å²) in [5, 5.41) is 7.65. The van der Waals surface area contributed by atoms with Gasteiger partial charge in [0.15, 0.2) is 11.9 Å². The highest BCUT2D eigenvalue weighted by atomic mass is 35.5. The summed E-state index contributed by atoms with van der Waals surface area (Å²) in [6.07, 6.45) is 1.04. The van der Waals surface area contributed by atoms with E-state index in [-0.39, 0.29) is 11.7 Å². The number of hydrogen-bond donors (Lipinski definition) is 1. The van der Waals surface area contributed by atoms with Gasteiger partial charge < -0.3 is 10.1 Å². The molecule has 1 N–H and O–H groups in total. The van der Waals surface area contributed by atoms with Crippen LogP contribution in [0.1, 0.15) is 18.1 Å². The number of benzene rings is 2. The van der Waals surface area contributed by atoms with Gasteiger partial charge >= 0.3 is 0 Å². The molecule has 140 valence electrons. The Labute approximate surface area is 161 Å². The Morgan fingerprint density at radius 3 is 2.70 bits per heavy atom. The van der Waals surface area contributed by atoms with Crippen molar-refractivity contribution in [2.45, 2.75) is 26.5 Å². The van der Waals surface area contributed by atoms with Gasteiger partial charge in [0.1, 0.15) is 11.6 Å². The van der Waals surface area contributed by atoms with Gasteiger partial charge in [-0.1, -0.05) is 23.7 Å². The van der Waals surface area contributed by atoms with Gasteiger partial charge in [0.2, 0.25) is 0 Å². The second kappa shape index (κ2) is 8.22. The van der Waals surface area contributed by atoms with Gasteiger partial charge in [-0.15, -0.1) is 0 Å². The first-order chi connectivity index (χ1) is 12.9. The van der Waals surface area contributed by atoms with E-state index >= 15 is 0 Å². The maximum Gasteiger partial charge on any atom is 0.266 e. The first-order valence-corrected chi connectivity index (χ1v) is 8.80. The zero-order valence-electron chi connectivity index (χ0n) is 14.9. The molecule has 1 unspecified atom stereocenters. The van der Waals surface area contributed by atoms with Gasteiger partial charge in [0.25, 0.3) is 5.91 Å². The Morgan fingerprint density at radius 2 is 2.00 bits per heavy atom. The Bertz CT molecular complexity index is 941. The van der Waals surface area contributed by atoms with Crippen molar-refractivity contribution < 1.29 is 13.9 Å². The number of nitrogens with one attached hydrogen (secondary N) is 1. The third kappa shape index (κ3) is 5.08. The molecule has 0 bridgehead atoms. The molecule has 0 saturated heterocycles. The van der Waals surface area contributed by atoms with Gasteiger partial charge in [0.05, 0.1) is 6.54 Å². The number of carbonyl (C=O) groups excluding carboxylic acids is 1. The zero-order chi connectivity index (χ0) is 19.4. The average Bonchev–Trinajstić information content (AvgIpc) is 3.06. The number of carbonyl (C=O) groups is 1. The van der Waals surface area contributed by atoms with E-state index < -0.39 is 6.10 Å². The van der Waals surface area contributed by atoms with Crippen LogP contribution in [-0.4, -0.2) is 21.8 Å². The van der Waals surface area contributed by atoms with E-state index in [2.05, 4.69) is 10.4 Å². The van der Waals surface area contributed by atoms with Gasteiger partial charge in [-0.05, 0) is 55.3 Å². The molecular weight excluding hydrogens is 369 g/mol. The van der Waals surface area contributed by atoms with E-state index in [1.807, 2.05) is 6.92 Å². The highest BCUT2D eigenvalue weighted by Crippen LogP contribution is 2.23. The van der Waals surface area contributed by atoms with Crippen LogP contribution in [0, 0.1) is 12.7 Å². The van der Waals surface area contributed by atoms with Crippen LogP contribution in [0.3, 0.4) is 0 Å². The highest BCUT2D eigenvalue weighted by molar-refractivity contribution is 6.30. The van der Waals surface area contributed by atoms with Gasteiger partial charge in [-0.25, -0.2) is 4.39 Å². The zero-order valence-corrected chi connectivity index (χ0v) is 15.7. The summed E-state index contributed by atoms with van der Waals surface area (Å²) in [5.74, 6) is 0.433. The number of anilines is 1. The quantitative estimate of drug-likeness (QED) is 0.680. The molecule has 1 amide bonds. The maximum atomic E-state index is 13.0. The molecule has 1 atom stereocenters. The van der Waals surface area contributed by atoms with Crippen LogP contribution in [0.5, 0.6) is 5.75 Å². The first-order valence-electron chi connectivity index (χ1n) is 8.42. The molecule has 2 aromatic carbocycles. The van der Waals surface area contributed by atoms with Crippen molar-refractivity contribution in [3.63, 3.8) is 0 Å². The minimum absolute atomic E-state index is 0.280. The van der Waals surface area contributed by atoms with Crippen molar-refractivity contribution in [2.75, 3.05) is 5.32 Å². The minimum Gasteiger partial charge on any atom is -0.481 e. The first kappa shape index (κ1) is 18.9. The van der Waals surface area contributed by atoms with Crippen molar-refractivity contribution in [3.8, 4) is 5.75 Å². The van der Waals surface area contributed by atoms with Crippen molar-refractivity contribution >= 4 is 23.3 Å².